The van der Waals surface area contributed by atoms with Crippen LogP contribution in [0, 0.1) is 12.7 Å². The summed E-state index contributed by atoms with van der Waals surface area (Å²) in [6.45, 7) is 1.77. The smallest absolute Gasteiger partial charge is 0.123 e. The molecule has 1 rings (SSSR count). The molecule has 0 saturated heterocycles. The third kappa shape index (κ3) is 1.93. The van der Waals surface area contributed by atoms with Crippen molar-refractivity contribution >= 4 is 23.1 Å². The van der Waals surface area contributed by atoms with Gasteiger partial charge in [0.2, 0.25) is 0 Å². The first-order chi connectivity index (χ1) is 5.24. The second-order valence-electron chi connectivity index (χ2n) is 2.13. The highest BCUT2D eigenvalue weighted by Gasteiger charge is 1.95. The minimum atomic E-state index is -0.259. The molecule has 0 bridgehead atoms. The topological polar surface area (TPSA) is 12.4 Å². The summed E-state index contributed by atoms with van der Waals surface area (Å²) in [5.41, 5.74) is 1.43. The highest BCUT2D eigenvalue weighted by Crippen LogP contribution is 2.17. The van der Waals surface area contributed by atoms with E-state index in [9.17, 15) is 4.39 Å². The summed E-state index contributed by atoms with van der Waals surface area (Å²) < 4.78 is 12.5. The number of isothiocyanates is 1. The highest BCUT2D eigenvalue weighted by atomic mass is 32.1. The van der Waals surface area contributed by atoms with Gasteiger partial charge in [0.05, 0.1) is 10.8 Å². The fourth-order valence-electron chi connectivity index (χ4n) is 0.793. The van der Waals surface area contributed by atoms with Gasteiger partial charge in [0.1, 0.15) is 5.82 Å². The van der Waals surface area contributed by atoms with Crippen molar-refractivity contribution in [3.63, 3.8) is 0 Å². The Morgan fingerprint density at radius 1 is 1.55 bits per heavy atom. The maximum absolute atomic E-state index is 12.5. The summed E-state index contributed by atoms with van der Waals surface area (Å²) in [4.78, 5) is 3.75. The lowest BCUT2D eigenvalue weighted by Gasteiger charge is -1.95. The van der Waals surface area contributed by atoms with Gasteiger partial charge in [-0.2, -0.15) is 4.99 Å². The van der Waals surface area contributed by atoms with Gasteiger partial charge in [0.15, 0.2) is 0 Å². The average Bonchev–Trinajstić information content (AvgIpc) is 1.95. The summed E-state index contributed by atoms with van der Waals surface area (Å²) in [5.74, 6) is -0.259. The Morgan fingerprint density at radius 2 is 2.27 bits per heavy atom. The normalized spacial score (nSPS) is 8.91. The lowest BCUT2D eigenvalue weighted by atomic mass is 10.2. The molecule has 3 heteroatoms. The van der Waals surface area contributed by atoms with E-state index in [0.717, 1.165) is 5.56 Å². The van der Waals surface area contributed by atoms with E-state index < -0.39 is 0 Å². The fourth-order valence-corrected chi connectivity index (χ4v) is 0.892. The quantitative estimate of drug-likeness (QED) is 0.462. The molecule has 0 saturated carbocycles. The van der Waals surface area contributed by atoms with Gasteiger partial charge >= 0.3 is 0 Å². The van der Waals surface area contributed by atoms with Crippen LogP contribution in [0.4, 0.5) is 10.1 Å². The number of aryl methyl sites for hydroxylation is 1. The van der Waals surface area contributed by atoms with Crippen LogP contribution in [0.1, 0.15) is 5.56 Å². The molecule has 0 spiro atoms. The van der Waals surface area contributed by atoms with Crippen LogP contribution in [-0.4, -0.2) is 5.16 Å². The Balaban J connectivity index is 3.19. The maximum Gasteiger partial charge on any atom is 0.123 e. The summed E-state index contributed by atoms with van der Waals surface area (Å²) in [7, 11) is 0. The Hall–Kier alpha value is -1.05. The third-order valence-corrected chi connectivity index (χ3v) is 1.42. The molecule has 0 aliphatic heterocycles. The van der Waals surface area contributed by atoms with Crippen LogP contribution < -0.4 is 0 Å². The van der Waals surface area contributed by atoms with Crippen LogP contribution in [0.3, 0.4) is 0 Å². The zero-order valence-electron chi connectivity index (χ0n) is 5.97. The summed E-state index contributed by atoms with van der Waals surface area (Å²) >= 11 is 4.42. The Labute approximate surface area is 69.6 Å². The van der Waals surface area contributed by atoms with E-state index in [2.05, 4.69) is 22.4 Å². The molecule has 0 unspecified atom stereocenters. The standard InChI is InChI=1S/C8H6FNS/c1-6-4-7(9)2-3-8(6)10-5-11/h2-4H,1H3. The van der Waals surface area contributed by atoms with Gasteiger partial charge in [-0.1, -0.05) is 0 Å². The first-order valence-electron chi connectivity index (χ1n) is 3.08. The van der Waals surface area contributed by atoms with Crippen molar-refractivity contribution in [3.8, 4) is 0 Å². The van der Waals surface area contributed by atoms with Gasteiger partial charge in [-0.25, -0.2) is 4.39 Å². The average molecular weight is 167 g/mol. The van der Waals surface area contributed by atoms with Gasteiger partial charge < -0.3 is 0 Å². The second-order valence-corrected chi connectivity index (χ2v) is 2.32. The summed E-state index contributed by atoms with van der Waals surface area (Å²) in [6, 6.07) is 4.33. The molecule has 0 fully saturated rings. The van der Waals surface area contributed by atoms with E-state index in [0.29, 0.717) is 5.69 Å². The van der Waals surface area contributed by atoms with E-state index in [1.54, 1.807) is 13.0 Å². The molecular weight excluding hydrogens is 161 g/mol. The molecular formula is C8H6FNS. The van der Waals surface area contributed by atoms with E-state index in [1.807, 2.05) is 0 Å². The zero-order valence-corrected chi connectivity index (χ0v) is 6.78. The van der Waals surface area contributed by atoms with Gasteiger partial charge in [0, 0.05) is 0 Å². The molecule has 1 aromatic rings. The van der Waals surface area contributed by atoms with E-state index in [1.165, 1.54) is 12.1 Å². The van der Waals surface area contributed by atoms with Crippen LogP contribution >= 0.6 is 12.2 Å². The number of benzene rings is 1. The number of nitrogens with zero attached hydrogens (tertiary/aromatic N) is 1. The molecule has 0 radical (unpaired) electrons. The van der Waals surface area contributed by atoms with Crippen LogP contribution in [0.15, 0.2) is 23.2 Å². The first-order valence-corrected chi connectivity index (χ1v) is 3.49. The molecule has 56 valence electrons. The minimum absolute atomic E-state index is 0.259. The number of aliphatic imine (C=N–C) groups is 1. The van der Waals surface area contributed by atoms with Gasteiger partial charge in [-0.15, -0.1) is 0 Å². The number of thiocarbonyl (C=S) groups is 1. The van der Waals surface area contributed by atoms with Gasteiger partial charge in [0.25, 0.3) is 0 Å². The predicted molar refractivity (Wildman–Crippen MR) is 45.8 cm³/mol. The molecule has 1 aromatic carbocycles. The minimum Gasteiger partial charge on any atom is -0.207 e. The molecule has 0 amide bonds. The van der Waals surface area contributed by atoms with E-state index >= 15 is 0 Å². The Bertz CT molecular complexity index is 316. The summed E-state index contributed by atoms with van der Waals surface area (Å²) in [5, 5.41) is 2.23. The van der Waals surface area contributed by atoms with E-state index in [4.69, 9.17) is 0 Å². The van der Waals surface area contributed by atoms with Crippen molar-refractivity contribution < 1.29 is 4.39 Å². The van der Waals surface area contributed by atoms with Crippen molar-refractivity contribution in [3.05, 3.63) is 29.6 Å². The largest absolute Gasteiger partial charge is 0.207 e. The van der Waals surface area contributed by atoms with Crippen LogP contribution in [-0.2, 0) is 0 Å². The Morgan fingerprint density at radius 3 is 2.82 bits per heavy atom. The molecule has 0 atom stereocenters. The number of halogens is 1. The molecule has 0 aromatic heterocycles. The molecule has 0 heterocycles. The van der Waals surface area contributed by atoms with Crippen LogP contribution in [0.2, 0.25) is 0 Å². The Kier molecular flexibility index (Phi) is 2.47. The SMILES string of the molecule is Cc1cc(F)ccc1N=C=S. The first kappa shape index (κ1) is 8.05. The zero-order chi connectivity index (χ0) is 8.27. The lowest BCUT2D eigenvalue weighted by molar-refractivity contribution is 0.627. The van der Waals surface area contributed by atoms with Gasteiger partial charge in [-0.3, -0.25) is 0 Å². The van der Waals surface area contributed by atoms with Crippen LogP contribution in [0.5, 0.6) is 0 Å². The predicted octanol–water partition coefficient (Wildman–Crippen LogP) is 2.87. The molecule has 0 N–H and O–H groups in total. The van der Waals surface area contributed by atoms with Gasteiger partial charge in [-0.05, 0) is 42.9 Å². The summed E-state index contributed by atoms with van der Waals surface area (Å²) in [6.07, 6.45) is 0. The number of hydrogen-bond acceptors (Lipinski definition) is 2. The van der Waals surface area contributed by atoms with Crippen molar-refractivity contribution in [2.24, 2.45) is 4.99 Å². The van der Waals surface area contributed by atoms with Crippen molar-refractivity contribution in [1.29, 1.82) is 0 Å². The highest BCUT2D eigenvalue weighted by molar-refractivity contribution is 7.78. The lowest BCUT2D eigenvalue weighted by Crippen LogP contribution is -1.76. The van der Waals surface area contributed by atoms with E-state index in [-0.39, 0.29) is 5.82 Å². The monoisotopic (exact) mass is 167 g/mol. The fraction of sp³-hybridized carbons (Fsp3) is 0.125. The molecule has 0 aliphatic carbocycles. The van der Waals surface area contributed by atoms with Crippen molar-refractivity contribution in [2.75, 3.05) is 0 Å². The number of rotatable bonds is 1. The third-order valence-electron chi connectivity index (χ3n) is 1.32. The molecule has 11 heavy (non-hydrogen) atoms. The second kappa shape index (κ2) is 3.37. The van der Waals surface area contributed by atoms with Crippen molar-refractivity contribution in [2.45, 2.75) is 6.92 Å². The number of hydrogen-bond donors (Lipinski definition) is 0. The molecule has 0 aliphatic rings. The van der Waals surface area contributed by atoms with Crippen LogP contribution in [0.25, 0.3) is 0 Å². The van der Waals surface area contributed by atoms with Crippen molar-refractivity contribution in [1.82, 2.24) is 0 Å². The maximum atomic E-state index is 12.5. The molecule has 1 nitrogen and oxygen atoms in total.